The maximum Gasteiger partial charge on any atom is 0.266 e. The van der Waals surface area contributed by atoms with Crippen molar-refractivity contribution in [2.24, 2.45) is 0 Å². The van der Waals surface area contributed by atoms with Crippen molar-refractivity contribution in [2.75, 3.05) is 12.4 Å². The number of nitrogens with one attached hydrogen (secondary N) is 1. The Bertz CT molecular complexity index is 1450. The Labute approximate surface area is 178 Å². The molecule has 0 unspecified atom stereocenters. The molecule has 0 aliphatic carbocycles. The molecule has 0 atom stereocenters. The summed E-state index contributed by atoms with van der Waals surface area (Å²) in [5.41, 5.74) is 4.02. The van der Waals surface area contributed by atoms with Crippen LogP contribution in [-0.4, -0.2) is 22.6 Å². The van der Waals surface area contributed by atoms with Crippen LogP contribution in [0.2, 0.25) is 0 Å². The smallest absolute Gasteiger partial charge is 0.266 e. The third kappa shape index (κ3) is 3.18. The number of amides is 1. The van der Waals surface area contributed by atoms with Crippen LogP contribution in [0, 0.1) is 6.92 Å². The normalized spacial score (nSPS) is 14.0. The summed E-state index contributed by atoms with van der Waals surface area (Å²) in [6.07, 6.45) is 1.67. The number of fused-ring (bicyclic) bond motifs is 2. The number of methoxy groups -OCH3 is 1. The minimum atomic E-state index is -0.222. The molecular formula is C25H19N3O3. The van der Waals surface area contributed by atoms with Gasteiger partial charge in [0.1, 0.15) is 11.6 Å². The van der Waals surface area contributed by atoms with Crippen molar-refractivity contribution >= 4 is 34.1 Å². The van der Waals surface area contributed by atoms with E-state index in [1.165, 1.54) is 4.57 Å². The summed E-state index contributed by atoms with van der Waals surface area (Å²) in [4.78, 5) is 30.9. The van der Waals surface area contributed by atoms with Crippen molar-refractivity contribution in [3.63, 3.8) is 0 Å². The Morgan fingerprint density at radius 1 is 1.00 bits per heavy atom. The average Bonchev–Trinajstić information content (AvgIpc) is 3.08. The highest BCUT2D eigenvalue weighted by atomic mass is 16.5. The molecule has 4 aromatic rings. The van der Waals surface area contributed by atoms with Crippen molar-refractivity contribution in [1.82, 2.24) is 9.55 Å². The molecule has 6 nitrogen and oxygen atoms in total. The number of para-hydroxylation sites is 1. The molecule has 1 aromatic heterocycles. The summed E-state index contributed by atoms with van der Waals surface area (Å²) >= 11 is 0. The molecule has 152 valence electrons. The van der Waals surface area contributed by atoms with E-state index in [4.69, 9.17) is 9.72 Å². The number of aryl methyl sites for hydroxylation is 1. The van der Waals surface area contributed by atoms with Crippen LogP contribution >= 0.6 is 0 Å². The van der Waals surface area contributed by atoms with Gasteiger partial charge in [-0.1, -0.05) is 29.8 Å². The highest BCUT2D eigenvalue weighted by molar-refractivity contribution is 6.34. The third-order valence-corrected chi connectivity index (χ3v) is 5.34. The Balaban J connectivity index is 1.81. The van der Waals surface area contributed by atoms with Gasteiger partial charge in [0.25, 0.3) is 11.5 Å². The standard InChI is InChI=1S/C25H19N3O3/c1-15-10-11-22-19(12-15)20(24(29)27-22)14-23-26-21-9-4-3-8-18(21)25(30)28(23)16-6-5-7-17(13-16)31-2/h3-14H,1-2H3,(H,27,29). The minimum absolute atomic E-state index is 0.214. The second kappa shape index (κ2) is 7.25. The van der Waals surface area contributed by atoms with Gasteiger partial charge in [0, 0.05) is 17.3 Å². The van der Waals surface area contributed by atoms with Gasteiger partial charge in [0.2, 0.25) is 0 Å². The number of rotatable bonds is 3. The van der Waals surface area contributed by atoms with Gasteiger partial charge in [-0.05, 0) is 49.4 Å². The molecule has 31 heavy (non-hydrogen) atoms. The lowest BCUT2D eigenvalue weighted by Crippen LogP contribution is -2.22. The zero-order valence-corrected chi connectivity index (χ0v) is 17.0. The van der Waals surface area contributed by atoms with Crippen LogP contribution in [0.5, 0.6) is 5.75 Å². The lowest BCUT2D eigenvalue weighted by atomic mass is 10.0. The van der Waals surface area contributed by atoms with Crippen molar-refractivity contribution in [1.29, 1.82) is 0 Å². The molecule has 1 N–H and O–H groups in total. The second-order valence-corrected chi connectivity index (χ2v) is 7.39. The molecule has 0 bridgehead atoms. The fourth-order valence-corrected chi connectivity index (χ4v) is 3.82. The molecule has 5 rings (SSSR count). The Morgan fingerprint density at radius 3 is 2.68 bits per heavy atom. The molecule has 0 spiro atoms. The summed E-state index contributed by atoms with van der Waals surface area (Å²) in [5.74, 6) is 0.771. The number of ether oxygens (including phenoxy) is 1. The average molecular weight is 409 g/mol. The highest BCUT2D eigenvalue weighted by Gasteiger charge is 2.25. The van der Waals surface area contributed by atoms with Gasteiger partial charge in [-0.3, -0.25) is 14.2 Å². The predicted octanol–water partition coefficient (Wildman–Crippen LogP) is 4.20. The van der Waals surface area contributed by atoms with Gasteiger partial charge in [-0.25, -0.2) is 4.98 Å². The van der Waals surface area contributed by atoms with Crippen molar-refractivity contribution in [3.05, 3.63) is 94.0 Å². The fourth-order valence-electron chi connectivity index (χ4n) is 3.82. The first-order chi connectivity index (χ1) is 15.0. The Hall–Kier alpha value is -4.19. The predicted molar refractivity (Wildman–Crippen MR) is 122 cm³/mol. The summed E-state index contributed by atoms with van der Waals surface area (Å²) < 4.78 is 6.85. The SMILES string of the molecule is COc1cccc(-n2c(C=C3C(=O)Nc4ccc(C)cc43)nc3ccccc3c2=O)c1. The van der Waals surface area contributed by atoms with Crippen molar-refractivity contribution < 1.29 is 9.53 Å². The largest absolute Gasteiger partial charge is 0.497 e. The third-order valence-electron chi connectivity index (χ3n) is 5.34. The van der Waals surface area contributed by atoms with E-state index in [1.807, 2.05) is 55.5 Å². The maximum absolute atomic E-state index is 13.5. The number of anilines is 1. The number of hydrogen-bond acceptors (Lipinski definition) is 4. The Kier molecular flexibility index (Phi) is 4.40. The number of benzene rings is 3. The van der Waals surface area contributed by atoms with Gasteiger partial charge < -0.3 is 10.1 Å². The highest BCUT2D eigenvalue weighted by Crippen LogP contribution is 2.34. The monoisotopic (exact) mass is 409 g/mol. The molecule has 0 radical (unpaired) electrons. The second-order valence-electron chi connectivity index (χ2n) is 7.39. The molecule has 0 fully saturated rings. The van der Waals surface area contributed by atoms with E-state index < -0.39 is 0 Å². The van der Waals surface area contributed by atoms with Gasteiger partial charge in [-0.2, -0.15) is 0 Å². The van der Waals surface area contributed by atoms with E-state index in [0.29, 0.717) is 33.7 Å². The van der Waals surface area contributed by atoms with Gasteiger partial charge in [0.05, 0.1) is 29.3 Å². The van der Waals surface area contributed by atoms with Crippen LogP contribution < -0.4 is 15.6 Å². The lowest BCUT2D eigenvalue weighted by Gasteiger charge is -2.13. The zero-order chi connectivity index (χ0) is 21.5. The van der Waals surface area contributed by atoms with Crippen LogP contribution in [-0.2, 0) is 4.79 Å². The Morgan fingerprint density at radius 2 is 1.84 bits per heavy atom. The van der Waals surface area contributed by atoms with E-state index >= 15 is 0 Å². The minimum Gasteiger partial charge on any atom is -0.497 e. The first-order valence-corrected chi connectivity index (χ1v) is 9.85. The molecule has 0 saturated carbocycles. The quantitative estimate of drug-likeness (QED) is 0.515. The van der Waals surface area contributed by atoms with Crippen LogP contribution in [0.3, 0.4) is 0 Å². The summed E-state index contributed by atoms with van der Waals surface area (Å²) in [5, 5.41) is 3.38. The molecule has 3 aromatic carbocycles. The van der Waals surface area contributed by atoms with E-state index in [9.17, 15) is 9.59 Å². The van der Waals surface area contributed by atoms with E-state index in [1.54, 1.807) is 31.4 Å². The molecular weight excluding hydrogens is 390 g/mol. The molecule has 1 aliphatic rings. The van der Waals surface area contributed by atoms with Crippen LogP contribution in [0.15, 0.2) is 71.5 Å². The van der Waals surface area contributed by atoms with E-state index in [0.717, 1.165) is 16.8 Å². The summed E-state index contributed by atoms with van der Waals surface area (Å²) in [6, 6.07) is 20.2. The van der Waals surface area contributed by atoms with Crippen molar-refractivity contribution in [3.8, 4) is 11.4 Å². The van der Waals surface area contributed by atoms with E-state index in [2.05, 4.69) is 5.32 Å². The van der Waals surface area contributed by atoms with E-state index in [-0.39, 0.29) is 11.5 Å². The van der Waals surface area contributed by atoms with Crippen LogP contribution in [0.1, 0.15) is 17.0 Å². The zero-order valence-electron chi connectivity index (χ0n) is 17.0. The number of carbonyl (C=O) groups is 1. The molecule has 0 saturated heterocycles. The summed E-state index contributed by atoms with van der Waals surface area (Å²) in [7, 11) is 1.57. The summed E-state index contributed by atoms with van der Waals surface area (Å²) in [6.45, 7) is 1.97. The topological polar surface area (TPSA) is 73.2 Å². The molecule has 1 aliphatic heterocycles. The lowest BCUT2D eigenvalue weighted by molar-refractivity contribution is -0.110. The first kappa shape index (κ1) is 18.8. The molecule has 1 amide bonds. The van der Waals surface area contributed by atoms with Gasteiger partial charge in [0.15, 0.2) is 0 Å². The first-order valence-electron chi connectivity index (χ1n) is 9.85. The maximum atomic E-state index is 13.5. The number of carbonyl (C=O) groups excluding carboxylic acids is 1. The number of nitrogens with zero attached hydrogens (tertiary/aromatic N) is 2. The van der Waals surface area contributed by atoms with Gasteiger partial charge in [-0.15, -0.1) is 0 Å². The van der Waals surface area contributed by atoms with Gasteiger partial charge >= 0.3 is 0 Å². The fraction of sp³-hybridized carbons (Fsp3) is 0.0800. The van der Waals surface area contributed by atoms with Crippen LogP contribution in [0.4, 0.5) is 5.69 Å². The van der Waals surface area contributed by atoms with Crippen LogP contribution in [0.25, 0.3) is 28.2 Å². The molecule has 2 heterocycles. The number of hydrogen-bond donors (Lipinski definition) is 1. The molecule has 6 heteroatoms. The van der Waals surface area contributed by atoms with Crippen molar-refractivity contribution in [2.45, 2.75) is 6.92 Å². The number of aromatic nitrogens is 2.